The van der Waals surface area contributed by atoms with Gasteiger partial charge in [-0.05, 0) is 49.9 Å². The maximum atomic E-state index is 12.7. The summed E-state index contributed by atoms with van der Waals surface area (Å²) in [5.74, 6) is 0.363. The fourth-order valence-corrected chi connectivity index (χ4v) is 3.40. The Kier molecular flexibility index (Phi) is 4.01. The predicted octanol–water partition coefficient (Wildman–Crippen LogP) is 3.84. The minimum atomic E-state index is -4.38. The van der Waals surface area contributed by atoms with Crippen LogP contribution in [0.3, 0.4) is 0 Å². The minimum absolute atomic E-state index is 0.363. The van der Waals surface area contributed by atoms with Crippen LogP contribution in [0.2, 0.25) is 0 Å². The number of halogens is 3. The average Bonchev–Trinajstić information content (AvgIpc) is 3.32. The Morgan fingerprint density at radius 2 is 1.88 bits per heavy atom. The van der Waals surface area contributed by atoms with Crippen LogP contribution in [0.4, 0.5) is 29.5 Å². The molecule has 4 rings (SSSR count). The number of amides is 2. The van der Waals surface area contributed by atoms with Gasteiger partial charge in [-0.2, -0.15) is 13.2 Å². The summed E-state index contributed by atoms with van der Waals surface area (Å²) in [6.45, 7) is 1.02. The van der Waals surface area contributed by atoms with Gasteiger partial charge in [0.05, 0.1) is 16.9 Å². The number of aryl methyl sites for hydroxylation is 1. The summed E-state index contributed by atoms with van der Waals surface area (Å²) in [6.07, 6.45) is -1.01. The van der Waals surface area contributed by atoms with Crippen molar-refractivity contribution in [2.24, 2.45) is 0 Å². The van der Waals surface area contributed by atoms with Crippen LogP contribution in [0.5, 0.6) is 0 Å². The lowest BCUT2D eigenvalue weighted by atomic mass is 10.2. The van der Waals surface area contributed by atoms with Gasteiger partial charge in [0.25, 0.3) is 0 Å². The van der Waals surface area contributed by atoms with Gasteiger partial charge < -0.3 is 4.52 Å². The molecular weight excluding hydrogens is 349 g/mol. The number of urea groups is 1. The van der Waals surface area contributed by atoms with Gasteiger partial charge in [-0.3, -0.25) is 10.3 Å². The van der Waals surface area contributed by atoms with Crippen molar-refractivity contribution < 1.29 is 22.5 Å². The molecule has 6 nitrogen and oxygen atoms in total. The molecule has 9 heteroatoms. The van der Waals surface area contributed by atoms with Crippen LogP contribution in [-0.4, -0.2) is 29.3 Å². The van der Waals surface area contributed by atoms with Crippen LogP contribution >= 0.6 is 0 Å². The maximum absolute atomic E-state index is 12.7. The van der Waals surface area contributed by atoms with Crippen molar-refractivity contribution in [3.63, 3.8) is 0 Å². The van der Waals surface area contributed by atoms with E-state index in [9.17, 15) is 18.0 Å². The Morgan fingerprint density at radius 1 is 1.12 bits per heavy atom. The highest BCUT2D eigenvalue weighted by molar-refractivity contribution is 5.90. The van der Waals surface area contributed by atoms with E-state index >= 15 is 0 Å². The first-order chi connectivity index (χ1) is 12.4. The van der Waals surface area contributed by atoms with E-state index in [-0.39, 0.29) is 6.03 Å². The number of fused-ring (bicyclic) bond motifs is 1. The van der Waals surface area contributed by atoms with Gasteiger partial charge in [-0.25, -0.2) is 9.80 Å². The van der Waals surface area contributed by atoms with E-state index in [1.165, 1.54) is 17.1 Å². The standard InChI is InChI=1S/C17H17F3N4O2/c18-17(19,20)11-5-7-12(8-6-11)23-9-2-10-24(23)16(25)21-15-13-3-1-4-14(13)22-26-15/h5-8H,1-4,9-10H2,(H,21,25). The average molecular weight is 366 g/mol. The molecule has 1 saturated heterocycles. The molecule has 2 heterocycles. The molecule has 1 N–H and O–H groups in total. The van der Waals surface area contributed by atoms with E-state index in [2.05, 4.69) is 10.5 Å². The molecule has 2 aromatic rings. The van der Waals surface area contributed by atoms with E-state index < -0.39 is 11.7 Å². The summed E-state index contributed by atoms with van der Waals surface area (Å²) in [4.78, 5) is 12.6. The summed E-state index contributed by atoms with van der Waals surface area (Å²) >= 11 is 0. The molecule has 0 spiro atoms. The number of carbonyl (C=O) groups excluding carboxylic acids is 1. The number of aromatic nitrogens is 1. The van der Waals surface area contributed by atoms with E-state index in [0.717, 1.165) is 49.1 Å². The fraction of sp³-hybridized carbons (Fsp3) is 0.412. The molecule has 1 aromatic heterocycles. The smallest absolute Gasteiger partial charge is 0.338 e. The van der Waals surface area contributed by atoms with Gasteiger partial charge in [0.15, 0.2) is 0 Å². The molecule has 0 bridgehead atoms. The van der Waals surface area contributed by atoms with E-state index in [4.69, 9.17) is 4.52 Å². The zero-order valence-electron chi connectivity index (χ0n) is 13.8. The lowest BCUT2D eigenvalue weighted by molar-refractivity contribution is -0.137. The summed E-state index contributed by atoms with van der Waals surface area (Å²) in [5, 5.41) is 9.84. The van der Waals surface area contributed by atoms with Gasteiger partial charge in [0.1, 0.15) is 0 Å². The van der Waals surface area contributed by atoms with Crippen LogP contribution in [-0.2, 0) is 19.0 Å². The number of hydrazine groups is 1. The second-order valence-corrected chi connectivity index (χ2v) is 6.37. The number of hydrogen-bond acceptors (Lipinski definition) is 4. The molecular formula is C17H17F3N4O2. The first-order valence-electron chi connectivity index (χ1n) is 8.44. The third-order valence-corrected chi connectivity index (χ3v) is 4.69. The third-order valence-electron chi connectivity index (χ3n) is 4.69. The van der Waals surface area contributed by atoms with Crippen molar-refractivity contribution in [1.82, 2.24) is 10.2 Å². The predicted molar refractivity (Wildman–Crippen MR) is 87.7 cm³/mol. The van der Waals surface area contributed by atoms with Crippen LogP contribution < -0.4 is 10.3 Å². The first kappa shape index (κ1) is 16.7. The Hall–Kier alpha value is -2.71. The molecule has 1 aromatic carbocycles. The third kappa shape index (κ3) is 2.97. The SMILES string of the molecule is O=C(Nc1onc2c1CCC2)N1CCCN1c1ccc(C(F)(F)F)cc1. The van der Waals surface area contributed by atoms with Crippen molar-refractivity contribution in [3.05, 3.63) is 41.1 Å². The van der Waals surface area contributed by atoms with Gasteiger partial charge in [-0.15, -0.1) is 0 Å². The van der Waals surface area contributed by atoms with Crippen LogP contribution in [0.15, 0.2) is 28.8 Å². The molecule has 2 aliphatic rings. The maximum Gasteiger partial charge on any atom is 0.416 e. The number of nitrogens with one attached hydrogen (secondary N) is 1. The molecule has 0 radical (unpaired) electrons. The molecule has 1 fully saturated rings. The van der Waals surface area contributed by atoms with Gasteiger partial charge in [0.2, 0.25) is 5.88 Å². The normalized spacial score (nSPS) is 16.9. The molecule has 0 atom stereocenters. The summed E-state index contributed by atoms with van der Waals surface area (Å²) in [6, 6.07) is 4.41. The fourth-order valence-electron chi connectivity index (χ4n) is 3.40. The largest absolute Gasteiger partial charge is 0.416 e. The Balaban J connectivity index is 1.50. The van der Waals surface area contributed by atoms with Gasteiger partial charge in [-0.1, -0.05) is 5.16 Å². The Labute approximate surface area is 147 Å². The number of rotatable bonds is 2. The molecule has 1 aliphatic carbocycles. The van der Waals surface area contributed by atoms with E-state index in [1.807, 2.05) is 0 Å². The minimum Gasteiger partial charge on any atom is -0.338 e. The van der Waals surface area contributed by atoms with Crippen molar-refractivity contribution in [1.29, 1.82) is 0 Å². The lowest BCUT2D eigenvalue weighted by Gasteiger charge is -2.29. The first-order valence-corrected chi connectivity index (χ1v) is 8.44. The molecule has 2 amide bonds. The van der Waals surface area contributed by atoms with Gasteiger partial charge in [0, 0.05) is 18.7 Å². The summed E-state index contributed by atoms with van der Waals surface area (Å²) in [5.41, 5.74) is 1.63. The summed E-state index contributed by atoms with van der Waals surface area (Å²) < 4.78 is 43.4. The van der Waals surface area contributed by atoms with Crippen molar-refractivity contribution in [2.45, 2.75) is 31.9 Å². The monoisotopic (exact) mass is 366 g/mol. The molecule has 26 heavy (non-hydrogen) atoms. The van der Waals surface area contributed by atoms with Crippen molar-refractivity contribution in [3.8, 4) is 0 Å². The Bertz CT molecular complexity index is 816. The second kappa shape index (κ2) is 6.22. The van der Waals surface area contributed by atoms with Crippen molar-refractivity contribution >= 4 is 17.6 Å². The number of benzene rings is 1. The highest BCUT2D eigenvalue weighted by atomic mass is 19.4. The molecule has 0 unspecified atom stereocenters. The quantitative estimate of drug-likeness (QED) is 0.877. The number of anilines is 2. The van der Waals surface area contributed by atoms with Crippen molar-refractivity contribution in [2.75, 3.05) is 23.4 Å². The number of carbonyl (C=O) groups is 1. The number of alkyl halides is 3. The molecule has 1 aliphatic heterocycles. The van der Waals surface area contributed by atoms with Crippen LogP contribution in [0, 0.1) is 0 Å². The molecule has 138 valence electrons. The lowest BCUT2D eigenvalue weighted by Crippen LogP contribution is -2.43. The highest BCUT2D eigenvalue weighted by Gasteiger charge is 2.32. The van der Waals surface area contributed by atoms with Crippen LogP contribution in [0.25, 0.3) is 0 Å². The topological polar surface area (TPSA) is 61.6 Å². The summed E-state index contributed by atoms with van der Waals surface area (Å²) in [7, 11) is 0. The van der Waals surface area contributed by atoms with E-state index in [0.29, 0.717) is 24.7 Å². The van der Waals surface area contributed by atoms with Crippen LogP contribution in [0.1, 0.15) is 29.7 Å². The highest BCUT2D eigenvalue weighted by Crippen LogP contribution is 2.32. The van der Waals surface area contributed by atoms with Gasteiger partial charge >= 0.3 is 12.2 Å². The second-order valence-electron chi connectivity index (χ2n) is 6.37. The zero-order chi connectivity index (χ0) is 18.3. The zero-order valence-corrected chi connectivity index (χ0v) is 13.8. The Morgan fingerprint density at radius 3 is 2.62 bits per heavy atom. The number of nitrogens with zero attached hydrogens (tertiary/aromatic N) is 3. The molecule has 0 saturated carbocycles. The number of hydrogen-bond donors (Lipinski definition) is 1. The van der Waals surface area contributed by atoms with E-state index in [1.54, 1.807) is 5.01 Å².